The first-order valence-electron chi connectivity index (χ1n) is 4.90. The molecule has 0 atom stereocenters. The van der Waals surface area contributed by atoms with Crippen molar-refractivity contribution >= 4 is 0 Å². The summed E-state index contributed by atoms with van der Waals surface area (Å²) in [5, 5.41) is 13.2. The van der Waals surface area contributed by atoms with Crippen molar-refractivity contribution in [1.29, 1.82) is 0 Å². The van der Waals surface area contributed by atoms with Gasteiger partial charge >= 0.3 is 56.6 Å². The molecule has 3 nitrogen and oxygen atoms in total. The molecule has 0 saturated carbocycles. The first-order valence-corrected chi connectivity index (χ1v) is 4.90. The van der Waals surface area contributed by atoms with Crippen LogP contribution in [0, 0.1) is 0 Å². The van der Waals surface area contributed by atoms with Crippen LogP contribution < -0.4 is 56.6 Å². The van der Waals surface area contributed by atoms with Crippen LogP contribution in [0.1, 0.15) is 19.3 Å². The van der Waals surface area contributed by atoms with E-state index in [4.69, 9.17) is 0 Å². The van der Waals surface area contributed by atoms with Crippen LogP contribution in [0.15, 0.2) is 0 Å². The van der Waals surface area contributed by atoms with Gasteiger partial charge in [-0.05, 0) is 0 Å². The Morgan fingerprint density at radius 2 is 0.600 bits per heavy atom. The average Bonchev–Trinajstić information content (AvgIpc) is 2.05. The van der Waals surface area contributed by atoms with E-state index < -0.39 is 0 Å². The van der Waals surface area contributed by atoms with Gasteiger partial charge in [-0.3, -0.25) is 0 Å². The van der Waals surface area contributed by atoms with Gasteiger partial charge in [0.25, 0.3) is 0 Å². The zero-order valence-electron chi connectivity index (χ0n) is 10.7. The van der Waals surface area contributed by atoms with E-state index in [0.717, 1.165) is 58.5 Å². The fourth-order valence-electron chi connectivity index (χ4n) is 1.22. The van der Waals surface area contributed by atoms with E-state index in [0.29, 0.717) is 0 Å². The zero-order chi connectivity index (χ0) is 8.49. The van der Waals surface area contributed by atoms with E-state index in [1.807, 2.05) is 0 Å². The molecule has 0 aliphatic carbocycles. The molecule has 0 radical (unpaired) electrons. The van der Waals surface area contributed by atoms with Crippen molar-refractivity contribution < 1.29 is 56.6 Å². The minimum absolute atomic E-state index is 0. The second kappa shape index (κ2) is 18.0. The van der Waals surface area contributed by atoms with Gasteiger partial charge in [-0.1, -0.05) is 19.3 Å². The monoisotopic (exact) mass is 189 g/mol. The van der Waals surface area contributed by atoms with E-state index in [1.165, 1.54) is 0 Å². The molecular formula is C9H18Li3N3. The van der Waals surface area contributed by atoms with Crippen LogP contribution in [-0.2, 0) is 0 Å². The van der Waals surface area contributed by atoms with Crippen LogP contribution in [-0.4, -0.2) is 39.3 Å². The molecule has 1 aliphatic heterocycles. The van der Waals surface area contributed by atoms with E-state index in [9.17, 15) is 0 Å². The molecule has 6 heteroatoms. The third-order valence-electron chi connectivity index (χ3n) is 1.90. The van der Waals surface area contributed by atoms with Crippen LogP contribution >= 0.6 is 0 Å². The SMILES string of the molecule is C1C[N-]CCC[N-]CCC[N-]C1.[Li+].[Li+].[Li+]. The van der Waals surface area contributed by atoms with Crippen LogP contribution in [0.4, 0.5) is 0 Å². The Balaban J connectivity index is -0.000000480. The first-order chi connectivity index (χ1) is 6.00. The maximum atomic E-state index is 4.38. The molecule has 15 heavy (non-hydrogen) atoms. The summed E-state index contributed by atoms with van der Waals surface area (Å²) in [6, 6.07) is 0. The molecule has 1 fully saturated rings. The van der Waals surface area contributed by atoms with Gasteiger partial charge in [-0.25, -0.2) is 0 Å². The fraction of sp³-hybridized carbons (Fsp3) is 1.00. The predicted molar refractivity (Wildman–Crippen MR) is 53.1 cm³/mol. The number of nitrogens with zero attached hydrogens (tertiary/aromatic N) is 3. The molecule has 0 aromatic carbocycles. The summed E-state index contributed by atoms with van der Waals surface area (Å²) in [6.07, 6.45) is 3.41. The fourth-order valence-corrected chi connectivity index (χ4v) is 1.22. The molecule has 0 unspecified atom stereocenters. The molecule has 1 saturated heterocycles. The second-order valence-corrected chi connectivity index (χ2v) is 3.07. The van der Waals surface area contributed by atoms with Crippen molar-refractivity contribution in [3.8, 4) is 0 Å². The topological polar surface area (TPSA) is 42.3 Å². The second-order valence-electron chi connectivity index (χ2n) is 3.07. The van der Waals surface area contributed by atoms with Gasteiger partial charge in [0.2, 0.25) is 0 Å². The minimum Gasteiger partial charge on any atom is -0.662 e. The Morgan fingerprint density at radius 1 is 0.400 bits per heavy atom. The molecule has 0 aromatic heterocycles. The number of hydrogen-bond acceptors (Lipinski definition) is 0. The number of rotatable bonds is 0. The molecule has 0 spiro atoms. The van der Waals surface area contributed by atoms with E-state index >= 15 is 0 Å². The van der Waals surface area contributed by atoms with Gasteiger partial charge in [0.15, 0.2) is 0 Å². The predicted octanol–water partition coefficient (Wildman–Crippen LogP) is -6.70. The summed E-state index contributed by atoms with van der Waals surface area (Å²) >= 11 is 0. The van der Waals surface area contributed by atoms with Gasteiger partial charge in [0.05, 0.1) is 0 Å². The summed E-state index contributed by atoms with van der Waals surface area (Å²) in [4.78, 5) is 0. The third kappa shape index (κ3) is 15.7. The Morgan fingerprint density at radius 3 is 0.800 bits per heavy atom. The maximum Gasteiger partial charge on any atom is 1.00 e. The van der Waals surface area contributed by atoms with Gasteiger partial charge in [-0.15, -0.1) is 0 Å². The van der Waals surface area contributed by atoms with E-state index in [1.54, 1.807) is 0 Å². The quantitative estimate of drug-likeness (QED) is 0.340. The van der Waals surface area contributed by atoms with Crippen molar-refractivity contribution in [2.45, 2.75) is 19.3 Å². The summed E-state index contributed by atoms with van der Waals surface area (Å²) in [6.45, 7) is 5.94. The summed E-state index contributed by atoms with van der Waals surface area (Å²) in [7, 11) is 0. The molecule has 72 valence electrons. The van der Waals surface area contributed by atoms with Crippen LogP contribution in [0.5, 0.6) is 0 Å². The van der Waals surface area contributed by atoms with Crippen molar-refractivity contribution in [3.05, 3.63) is 16.0 Å². The van der Waals surface area contributed by atoms with Crippen LogP contribution in [0.25, 0.3) is 16.0 Å². The molecule has 0 N–H and O–H groups in total. The summed E-state index contributed by atoms with van der Waals surface area (Å²) in [5.74, 6) is 0. The van der Waals surface area contributed by atoms with E-state index in [2.05, 4.69) is 16.0 Å². The van der Waals surface area contributed by atoms with Gasteiger partial charge in [0, 0.05) is 0 Å². The van der Waals surface area contributed by atoms with Crippen molar-refractivity contribution in [1.82, 2.24) is 0 Å². The van der Waals surface area contributed by atoms with Crippen molar-refractivity contribution in [2.75, 3.05) is 39.3 Å². The Kier molecular flexibility index (Phi) is 26.4. The Bertz CT molecular complexity index is 63.6. The molecule has 1 aliphatic rings. The first kappa shape index (κ1) is 21.9. The normalized spacial score (nSPS) is 19.2. The molecule has 0 aromatic rings. The average molecular weight is 189 g/mol. The third-order valence-corrected chi connectivity index (χ3v) is 1.90. The summed E-state index contributed by atoms with van der Waals surface area (Å²) < 4.78 is 0. The Hall–Kier alpha value is 1.67. The molecule has 1 rings (SSSR count). The standard InChI is InChI=1S/C9H18N3.3Li/c1-4-10-6-2-8-12-9-3-7-11-5-1;;;/h1-9H2;;;/q-3;3*+1. The van der Waals surface area contributed by atoms with Crippen LogP contribution in [0.2, 0.25) is 0 Å². The van der Waals surface area contributed by atoms with Crippen molar-refractivity contribution in [3.63, 3.8) is 0 Å². The van der Waals surface area contributed by atoms with Crippen LogP contribution in [0.3, 0.4) is 0 Å². The smallest absolute Gasteiger partial charge is 0.662 e. The van der Waals surface area contributed by atoms with E-state index in [-0.39, 0.29) is 56.6 Å². The zero-order valence-corrected chi connectivity index (χ0v) is 10.7. The van der Waals surface area contributed by atoms with Gasteiger partial charge in [0.1, 0.15) is 0 Å². The Labute approximate surface area is 130 Å². The van der Waals surface area contributed by atoms with Gasteiger partial charge in [-0.2, -0.15) is 39.3 Å². The minimum atomic E-state index is 0. The molecule has 1 heterocycles. The van der Waals surface area contributed by atoms with Gasteiger partial charge < -0.3 is 16.0 Å². The largest absolute Gasteiger partial charge is 1.00 e. The van der Waals surface area contributed by atoms with Crippen molar-refractivity contribution in [2.24, 2.45) is 0 Å². The summed E-state index contributed by atoms with van der Waals surface area (Å²) in [5.41, 5.74) is 0. The molecule has 0 amide bonds. The number of hydrogen-bond donors (Lipinski definition) is 0. The maximum absolute atomic E-state index is 4.38. The molecular weight excluding hydrogens is 171 g/mol. The molecule has 0 bridgehead atoms.